The van der Waals surface area contributed by atoms with Gasteiger partial charge in [-0.1, -0.05) is 17.3 Å². The number of aryl methyl sites for hydroxylation is 1. The third-order valence-corrected chi connectivity index (χ3v) is 3.82. The first kappa shape index (κ1) is 18.2. The molecule has 26 heavy (non-hydrogen) atoms. The van der Waals surface area contributed by atoms with Crippen molar-refractivity contribution in [1.29, 1.82) is 0 Å². The Morgan fingerprint density at radius 2 is 2.00 bits per heavy atom. The van der Waals surface area contributed by atoms with E-state index in [9.17, 15) is 8.78 Å². The second-order valence-corrected chi connectivity index (χ2v) is 5.88. The number of hydrogen-bond donors (Lipinski definition) is 0. The molecule has 0 bridgehead atoms. The minimum atomic E-state index is -2.54. The van der Waals surface area contributed by atoms with Crippen molar-refractivity contribution >= 4 is 11.6 Å². The first-order valence-electron chi connectivity index (χ1n) is 7.95. The number of aromatic nitrogens is 5. The van der Waals surface area contributed by atoms with Crippen LogP contribution < -0.4 is 4.74 Å². The van der Waals surface area contributed by atoms with Crippen LogP contribution in [0, 0.1) is 0 Å². The van der Waals surface area contributed by atoms with Crippen molar-refractivity contribution in [2.45, 2.75) is 25.9 Å². The molecule has 0 radical (unpaired) electrons. The molecule has 9 heteroatoms. The molecule has 3 aromatic rings. The molecule has 0 aliphatic carbocycles. The number of hydrogen-bond acceptors (Lipinski definition) is 5. The van der Waals surface area contributed by atoms with E-state index in [-0.39, 0.29) is 18.2 Å². The molecule has 0 amide bonds. The summed E-state index contributed by atoms with van der Waals surface area (Å²) in [5.74, 6) is 0.591. The summed E-state index contributed by atoms with van der Waals surface area (Å²) in [6.45, 7) is 0.121. The Hall–Kier alpha value is -2.61. The summed E-state index contributed by atoms with van der Waals surface area (Å²) in [4.78, 5) is 8.26. The molecule has 0 N–H and O–H groups in total. The highest BCUT2D eigenvalue weighted by Gasteiger charge is 2.10. The van der Waals surface area contributed by atoms with E-state index < -0.39 is 6.43 Å². The van der Waals surface area contributed by atoms with Gasteiger partial charge < -0.3 is 4.74 Å². The standard InChI is InChI=1S/C17H16ClF2N5O/c18-6-2-3-12-8-21-17(22-9-12)26-11-14-10-25(24-23-14)15-5-1-4-13(7-15)16(19)20/h1,4-5,7-10,16H,2-3,6,11H2. The van der Waals surface area contributed by atoms with Crippen molar-refractivity contribution in [2.75, 3.05) is 5.88 Å². The van der Waals surface area contributed by atoms with Crippen molar-refractivity contribution in [3.05, 3.63) is 59.7 Å². The molecule has 2 aromatic heterocycles. The molecular formula is C17H16ClF2N5O. The summed E-state index contributed by atoms with van der Waals surface area (Å²) in [6.07, 6.45) is 4.14. The lowest BCUT2D eigenvalue weighted by Crippen LogP contribution is -2.00. The zero-order valence-electron chi connectivity index (χ0n) is 13.7. The van der Waals surface area contributed by atoms with Crippen LogP contribution in [-0.4, -0.2) is 30.8 Å². The maximum atomic E-state index is 12.8. The lowest BCUT2D eigenvalue weighted by Gasteiger charge is -2.04. The van der Waals surface area contributed by atoms with Crippen LogP contribution in [0.25, 0.3) is 5.69 Å². The molecule has 0 aliphatic heterocycles. The fourth-order valence-corrected chi connectivity index (χ4v) is 2.38. The molecule has 0 atom stereocenters. The minimum absolute atomic E-state index is 0.0709. The predicted octanol–water partition coefficient (Wildman–Crippen LogP) is 3.75. The van der Waals surface area contributed by atoms with Crippen molar-refractivity contribution in [2.24, 2.45) is 0 Å². The molecule has 136 valence electrons. The van der Waals surface area contributed by atoms with Gasteiger partial charge in [0.05, 0.1) is 11.9 Å². The summed E-state index contributed by atoms with van der Waals surface area (Å²) in [7, 11) is 0. The third-order valence-electron chi connectivity index (χ3n) is 3.56. The first-order chi connectivity index (χ1) is 12.7. The van der Waals surface area contributed by atoms with E-state index in [1.165, 1.54) is 16.8 Å². The van der Waals surface area contributed by atoms with Crippen LogP contribution in [0.3, 0.4) is 0 Å². The van der Waals surface area contributed by atoms with E-state index in [0.717, 1.165) is 18.4 Å². The van der Waals surface area contributed by atoms with Gasteiger partial charge in [0.25, 0.3) is 6.43 Å². The van der Waals surface area contributed by atoms with Gasteiger partial charge in [-0.15, -0.1) is 16.7 Å². The highest BCUT2D eigenvalue weighted by molar-refractivity contribution is 6.17. The lowest BCUT2D eigenvalue weighted by atomic mass is 10.2. The summed E-state index contributed by atoms with van der Waals surface area (Å²) < 4.78 is 32.5. The summed E-state index contributed by atoms with van der Waals surface area (Å²) in [5, 5.41) is 7.91. The van der Waals surface area contributed by atoms with Gasteiger partial charge in [0.1, 0.15) is 12.3 Å². The monoisotopic (exact) mass is 379 g/mol. The van der Waals surface area contributed by atoms with Crippen LogP contribution >= 0.6 is 11.6 Å². The zero-order valence-corrected chi connectivity index (χ0v) is 14.5. The second kappa shape index (κ2) is 8.66. The largest absolute Gasteiger partial charge is 0.457 e. The molecule has 0 unspecified atom stereocenters. The van der Waals surface area contributed by atoms with Crippen molar-refractivity contribution in [3.63, 3.8) is 0 Å². The van der Waals surface area contributed by atoms with Crippen LogP contribution in [0.15, 0.2) is 42.9 Å². The zero-order chi connectivity index (χ0) is 18.4. The van der Waals surface area contributed by atoms with Crippen molar-refractivity contribution in [1.82, 2.24) is 25.0 Å². The maximum absolute atomic E-state index is 12.8. The number of nitrogens with zero attached hydrogens (tertiary/aromatic N) is 5. The number of rotatable bonds is 8. The highest BCUT2D eigenvalue weighted by Crippen LogP contribution is 2.21. The Bertz CT molecular complexity index is 841. The van der Waals surface area contributed by atoms with Crippen molar-refractivity contribution in [3.8, 4) is 11.7 Å². The molecule has 0 fully saturated rings. The van der Waals surface area contributed by atoms with E-state index >= 15 is 0 Å². The Labute approximate surface area is 153 Å². The van der Waals surface area contributed by atoms with Gasteiger partial charge in [-0.05, 0) is 30.5 Å². The van der Waals surface area contributed by atoms with E-state index in [4.69, 9.17) is 16.3 Å². The van der Waals surface area contributed by atoms with Gasteiger partial charge in [-0.3, -0.25) is 0 Å². The Balaban J connectivity index is 1.61. The van der Waals surface area contributed by atoms with Gasteiger partial charge in [0, 0.05) is 23.8 Å². The molecule has 6 nitrogen and oxygen atoms in total. The molecular weight excluding hydrogens is 364 g/mol. The summed E-state index contributed by atoms with van der Waals surface area (Å²) in [5.41, 5.74) is 1.95. The Morgan fingerprint density at radius 3 is 2.73 bits per heavy atom. The van der Waals surface area contributed by atoms with E-state index in [0.29, 0.717) is 17.3 Å². The second-order valence-electron chi connectivity index (χ2n) is 5.51. The maximum Gasteiger partial charge on any atom is 0.316 e. The normalized spacial score (nSPS) is 11.1. The quantitative estimate of drug-likeness (QED) is 0.558. The minimum Gasteiger partial charge on any atom is -0.457 e. The smallest absolute Gasteiger partial charge is 0.316 e. The van der Waals surface area contributed by atoms with Crippen molar-refractivity contribution < 1.29 is 13.5 Å². The molecule has 0 aliphatic rings. The average Bonchev–Trinajstić information content (AvgIpc) is 3.15. The van der Waals surface area contributed by atoms with Gasteiger partial charge in [0.2, 0.25) is 0 Å². The van der Waals surface area contributed by atoms with Gasteiger partial charge in [-0.25, -0.2) is 23.4 Å². The molecule has 0 saturated heterocycles. The summed E-state index contributed by atoms with van der Waals surface area (Å²) >= 11 is 5.65. The number of ether oxygens (including phenoxy) is 1. The number of halogens is 3. The lowest BCUT2D eigenvalue weighted by molar-refractivity contribution is 0.151. The van der Waals surface area contributed by atoms with E-state index in [2.05, 4.69) is 20.3 Å². The fraction of sp³-hybridized carbons (Fsp3) is 0.294. The molecule has 2 heterocycles. The van der Waals surface area contributed by atoms with Crippen LogP contribution in [-0.2, 0) is 13.0 Å². The SMILES string of the molecule is FC(F)c1cccc(-n2cc(COc3ncc(CCCCl)cn3)nn2)c1. The van der Waals surface area contributed by atoms with Gasteiger partial charge in [-0.2, -0.15) is 0 Å². The van der Waals surface area contributed by atoms with Gasteiger partial charge >= 0.3 is 6.01 Å². The predicted molar refractivity (Wildman–Crippen MR) is 91.7 cm³/mol. The van der Waals surface area contributed by atoms with E-state index in [1.807, 2.05) is 0 Å². The molecule has 3 rings (SSSR count). The molecule has 0 saturated carbocycles. The van der Waals surface area contributed by atoms with Crippen LogP contribution in [0.1, 0.15) is 29.7 Å². The van der Waals surface area contributed by atoms with Crippen LogP contribution in [0.4, 0.5) is 8.78 Å². The highest BCUT2D eigenvalue weighted by atomic mass is 35.5. The van der Waals surface area contributed by atoms with Crippen LogP contribution in [0.5, 0.6) is 6.01 Å². The number of alkyl halides is 3. The third kappa shape index (κ3) is 4.72. The Kier molecular flexibility index (Phi) is 6.06. The topological polar surface area (TPSA) is 65.7 Å². The summed E-state index contributed by atoms with van der Waals surface area (Å²) in [6, 6.07) is 6.19. The van der Waals surface area contributed by atoms with Gasteiger partial charge in [0.15, 0.2) is 0 Å². The fourth-order valence-electron chi connectivity index (χ4n) is 2.25. The van der Waals surface area contributed by atoms with E-state index in [1.54, 1.807) is 30.7 Å². The first-order valence-corrected chi connectivity index (χ1v) is 8.48. The molecule has 0 spiro atoms. The molecule has 1 aromatic carbocycles. The Morgan fingerprint density at radius 1 is 1.19 bits per heavy atom. The van der Waals surface area contributed by atoms with Crippen LogP contribution in [0.2, 0.25) is 0 Å². The average molecular weight is 380 g/mol. The number of benzene rings is 1.